The van der Waals surface area contributed by atoms with Crippen molar-refractivity contribution in [3.05, 3.63) is 17.3 Å². The van der Waals surface area contributed by atoms with E-state index >= 15 is 0 Å². The minimum Gasteiger partial charge on any atom is -0.366 e. The molecule has 2 rings (SSSR count). The minimum absolute atomic E-state index is 0.468. The van der Waals surface area contributed by atoms with Crippen LogP contribution in [0.2, 0.25) is 0 Å². The third-order valence-electron chi connectivity index (χ3n) is 3.10. The van der Waals surface area contributed by atoms with Crippen LogP contribution < -0.4 is 5.32 Å². The van der Waals surface area contributed by atoms with Gasteiger partial charge in [-0.15, -0.1) is 11.3 Å². The Morgan fingerprint density at radius 1 is 1.35 bits per heavy atom. The summed E-state index contributed by atoms with van der Waals surface area (Å²) < 4.78 is 1.17. The molecule has 3 nitrogen and oxygen atoms in total. The van der Waals surface area contributed by atoms with Gasteiger partial charge in [-0.3, -0.25) is 0 Å². The van der Waals surface area contributed by atoms with Crippen LogP contribution in [-0.2, 0) is 0 Å². The summed E-state index contributed by atoms with van der Waals surface area (Å²) in [5, 5.41) is 5.68. The molecule has 2 heterocycles. The van der Waals surface area contributed by atoms with Crippen LogP contribution >= 0.6 is 11.3 Å². The fraction of sp³-hybridized carbons (Fsp3) is 0.538. The first-order chi connectivity index (χ1) is 8.13. The maximum Gasteiger partial charge on any atom is 0.147 e. The summed E-state index contributed by atoms with van der Waals surface area (Å²) in [6, 6.07) is 0.468. The van der Waals surface area contributed by atoms with E-state index in [2.05, 4.69) is 48.4 Å². The molecule has 0 radical (unpaired) electrons. The quantitative estimate of drug-likeness (QED) is 0.894. The van der Waals surface area contributed by atoms with Crippen LogP contribution in [0.5, 0.6) is 0 Å². The minimum atomic E-state index is 0.468. The molecule has 1 atom stereocenters. The zero-order valence-corrected chi connectivity index (χ0v) is 11.6. The molecule has 0 spiro atoms. The standard InChI is InChI=1S/C13H19N3S/c1-5-10(8(2)3)16-13-12-11(14-7-15-13)9(4)6-17-12/h6-8,10H,5H2,1-4H3,(H,14,15,16). The van der Waals surface area contributed by atoms with Gasteiger partial charge in [0.05, 0.1) is 10.2 Å². The SMILES string of the molecule is CCC(Nc1ncnc2c(C)csc12)C(C)C. The van der Waals surface area contributed by atoms with Gasteiger partial charge in [0.2, 0.25) is 0 Å². The number of anilines is 1. The molecule has 0 aromatic carbocycles. The lowest BCUT2D eigenvalue weighted by atomic mass is 10.0. The summed E-state index contributed by atoms with van der Waals surface area (Å²) in [5.41, 5.74) is 2.30. The fourth-order valence-corrected chi connectivity index (χ4v) is 2.94. The maximum atomic E-state index is 4.38. The number of hydrogen-bond donors (Lipinski definition) is 1. The van der Waals surface area contributed by atoms with Crippen molar-refractivity contribution in [2.75, 3.05) is 5.32 Å². The Bertz CT molecular complexity index is 504. The number of hydrogen-bond acceptors (Lipinski definition) is 4. The zero-order valence-electron chi connectivity index (χ0n) is 10.8. The van der Waals surface area contributed by atoms with E-state index in [1.54, 1.807) is 17.7 Å². The van der Waals surface area contributed by atoms with Crippen LogP contribution in [0.1, 0.15) is 32.8 Å². The number of aromatic nitrogens is 2. The molecule has 0 aliphatic carbocycles. The summed E-state index contributed by atoms with van der Waals surface area (Å²) in [5.74, 6) is 1.58. The predicted molar refractivity (Wildman–Crippen MR) is 74.7 cm³/mol. The van der Waals surface area contributed by atoms with Gasteiger partial charge in [-0.2, -0.15) is 0 Å². The van der Waals surface area contributed by atoms with Gasteiger partial charge in [0.15, 0.2) is 0 Å². The number of nitrogens with one attached hydrogen (secondary N) is 1. The van der Waals surface area contributed by atoms with Crippen molar-refractivity contribution in [3.63, 3.8) is 0 Å². The third kappa shape index (κ3) is 2.41. The molecule has 1 N–H and O–H groups in total. The average Bonchev–Trinajstić information content (AvgIpc) is 2.69. The average molecular weight is 249 g/mol. The topological polar surface area (TPSA) is 37.8 Å². The lowest BCUT2D eigenvalue weighted by molar-refractivity contribution is 0.510. The van der Waals surface area contributed by atoms with Crippen LogP contribution in [0.3, 0.4) is 0 Å². The molecule has 0 saturated carbocycles. The van der Waals surface area contributed by atoms with E-state index in [0.29, 0.717) is 12.0 Å². The van der Waals surface area contributed by atoms with E-state index in [9.17, 15) is 0 Å². The Morgan fingerprint density at radius 3 is 2.76 bits per heavy atom. The molecule has 0 aliphatic rings. The highest BCUT2D eigenvalue weighted by atomic mass is 32.1. The highest BCUT2D eigenvalue weighted by molar-refractivity contribution is 7.18. The molecule has 92 valence electrons. The van der Waals surface area contributed by atoms with Gasteiger partial charge in [0.25, 0.3) is 0 Å². The molecular formula is C13H19N3S. The van der Waals surface area contributed by atoms with E-state index in [1.165, 1.54) is 10.3 Å². The van der Waals surface area contributed by atoms with Crippen molar-refractivity contribution >= 4 is 27.4 Å². The molecule has 0 amide bonds. The van der Waals surface area contributed by atoms with Crippen molar-refractivity contribution in [1.82, 2.24) is 9.97 Å². The van der Waals surface area contributed by atoms with Gasteiger partial charge in [0, 0.05) is 6.04 Å². The highest BCUT2D eigenvalue weighted by Gasteiger charge is 2.14. The summed E-state index contributed by atoms with van der Waals surface area (Å²) >= 11 is 1.72. The van der Waals surface area contributed by atoms with Gasteiger partial charge in [-0.25, -0.2) is 9.97 Å². The molecule has 2 aromatic rings. The number of nitrogens with zero attached hydrogens (tertiary/aromatic N) is 2. The lowest BCUT2D eigenvalue weighted by Crippen LogP contribution is -2.25. The maximum absolute atomic E-state index is 4.38. The van der Waals surface area contributed by atoms with Gasteiger partial charge in [-0.05, 0) is 30.2 Å². The second-order valence-corrected chi connectivity index (χ2v) is 5.60. The molecule has 0 saturated heterocycles. The summed E-state index contributed by atoms with van der Waals surface area (Å²) in [4.78, 5) is 8.72. The van der Waals surface area contributed by atoms with Gasteiger partial charge in [0.1, 0.15) is 12.1 Å². The normalized spacial score (nSPS) is 13.2. The fourth-order valence-electron chi connectivity index (χ4n) is 1.99. The zero-order chi connectivity index (χ0) is 12.4. The lowest BCUT2D eigenvalue weighted by Gasteiger charge is -2.21. The Labute approximate surface area is 106 Å². The Morgan fingerprint density at radius 2 is 2.12 bits per heavy atom. The second kappa shape index (κ2) is 5.00. The predicted octanol–water partition coefficient (Wildman–Crippen LogP) is 3.85. The summed E-state index contributed by atoms with van der Waals surface area (Å²) in [7, 11) is 0. The van der Waals surface area contributed by atoms with E-state index < -0.39 is 0 Å². The van der Waals surface area contributed by atoms with Gasteiger partial charge in [-0.1, -0.05) is 20.8 Å². The van der Waals surface area contributed by atoms with Crippen LogP contribution in [-0.4, -0.2) is 16.0 Å². The Balaban J connectivity index is 2.35. The van der Waals surface area contributed by atoms with Gasteiger partial charge >= 0.3 is 0 Å². The first-order valence-electron chi connectivity index (χ1n) is 6.08. The third-order valence-corrected chi connectivity index (χ3v) is 4.19. The molecule has 0 fully saturated rings. The van der Waals surface area contributed by atoms with E-state index in [0.717, 1.165) is 17.8 Å². The molecule has 4 heteroatoms. The largest absolute Gasteiger partial charge is 0.366 e. The van der Waals surface area contributed by atoms with Gasteiger partial charge < -0.3 is 5.32 Å². The molecule has 0 bridgehead atoms. The Hall–Kier alpha value is -1.16. The van der Waals surface area contributed by atoms with Crippen molar-refractivity contribution in [1.29, 1.82) is 0 Å². The van der Waals surface area contributed by atoms with Crippen LogP contribution in [0.15, 0.2) is 11.7 Å². The van der Waals surface area contributed by atoms with Crippen molar-refractivity contribution in [3.8, 4) is 0 Å². The molecular weight excluding hydrogens is 230 g/mol. The monoisotopic (exact) mass is 249 g/mol. The van der Waals surface area contributed by atoms with Crippen molar-refractivity contribution in [2.24, 2.45) is 5.92 Å². The molecule has 0 aliphatic heterocycles. The first-order valence-corrected chi connectivity index (χ1v) is 6.96. The van der Waals surface area contributed by atoms with E-state index in [1.807, 2.05) is 0 Å². The highest BCUT2D eigenvalue weighted by Crippen LogP contribution is 2.29. The summed E-state index contributed by atoms with van der Waals surface area (Å²) in [6.45, 7) is 8.77. The smallest absolute Gasteiger partial charge is 0.147 e. The molecule has 17 heavy (non-hydrogen) atoms. The molecule has 2 aromatic heterocycles. The number of rotatable bonds is 4. The number of thiophene rings is 1. The van der Waals surface area contributed by atoms with Crippen molar-refractivity contribution in [2.45, 2.75) is 40.2 Å². The number of aryl methyl sites for hydroxylation is 1. The Kier molecular flexibility index (Phi) is 3.62. The van der Waals surface area contributed by atoms with E-state index in [4.69, 9.17) is 0 Å². The van der Waals surface area contributed by atoms with Crippen LogP contribution in [0.4, 0.5) is 5.82 Å². The van der Waals surface area contributed by atoms with Crippen LogP contribution in [0, 0.1) is 12.8 Å². The van der Waals surface area contributed by atoms with Crippen LogP contribution in [0.25, 0.3) is 10.2 Å². The second-order valence-electron chi connectivity index (χ2n) is 4.72. The molecule has 1 unspecified atom stereocenters. The van der Waals surface area contributed by atoms with Crippen molar-refractivity contribution < 1.29 is 0 Å². The first kappa shape index (κ1) is 12.3. The number of fused-ring (bicyclic) bond motifs is 1. The van der Waals surface area contributed by atoms with E-state index in [-0.39, 0.29) is 0 Å². The summed E-state index contributed by atoms with van der Waals surface area (Å²) in [6.07, 6.45) is 2.75.